The van der Waals surface area contributed by atoms with E-state index in [4.69, 9.17) is 4.74 Å². The maximum atomic E-state index is 12.8. The number of methoxy groups -OCH3 is 1. The van der Waals surface area contributed by atoms with Crippen LogP contribution in [-0.4, -0.2) is 43.4 Å². The van der Waals surface area contributed by atoms with Crippen LogP contribution in [0.3, 0.4) is 0 Å². The molecule has 2 heterocycles. The van der Waals surface area contributed by atoms with Crippen molar-refractivity contribution < 1.29 is 17.9 Å². The van der Waals surface area contributed by atoms with Gasteiger partial charge >= 0.3 is 4.87 Å². The van der Waals surface area contributed by atoms with Crippen LogP contribution in [0.15, 0.2) is 52.2 Å². The molecule has 1 amide bonds. The molecule has 2 aromatic carbocycles. The molecule has 0 bridgehead atoms. The predicted molar refractivity (Wildman–Crippen MR) is 116 cm³/mol. The molecule has 0 spiro atoms. The average molecular weight is 448 g/mol. The molecular formula is C20H21N3O5S2. The highest BCUT2D eigenvalue weighted by Crippen LogP contribution is 2.26. The number of thiazole rings is 1. The Bertz CT molecular complexity index is 1260. The summed E-state index contributed by atoms with van der Waals surface area (Å²) in [4.78, 5) is 24.8. The first-order valence-corrected chi connectivity index (χ1v) is 11.7. The number of ether oxygens (including phenoxy) is 1. The standard InChI is InChI=1S/C20H21N3O5S2/c1-28-15-6-4-5-14(11-15)21-19(24)13-23-17-8-7-16(12-18(17)29-20(23)25)30(26,27)22-9-2-3-10-22/h4-8,11-12H,2-3,9-10,13H2,1H3,(H,21,24). The maximum absolute atomic E-state index is 12.8. The maximum Gasteiger partial charge on any atom is 0.308 e. The van der Waals surface area contributed by atoms with Crippen LogP contribution in [0.1, 0.15) is 12.8 Å². The summed E-state index contributed by atoms with van der Waals surface area (Å²) in [5, 5.41) is 2.74. The van der Waals surface area contributed by atoms with Crippen molar-refractivity contribution in [1.29, 1.82) is 0 Å². The average Bonchev–Trinajstić information content (AvgIpc) is 3.37. The molecule has 0 radical (unpaired) electrons. The first kappa shape index (κ1) is 20.6. The Morgan fingerprint density at radius 2 is 1.93 bits per heavy atom. The number of rotatable bonds is 6. The van der Waals surface area contributed by atoms with E-state index in [9.17, 15) is 18.0 Å². The minimum absolute atomic E-state index is 0.172. The number of fused-ring (bicyclic) bond motifs is 1. The number of anilines is 1. The Hall–Kier alpha value is -2.69. The number of carbonyl (C=O) groups is 1. The minimum Gasteiger partial charge on any atom is -0.497 e. The van der Waals surface area contributed by atoms with Crippen molar-refractivity contribution in [3.05, 3.63) is 52.1 Å². The molecule has 0 unspecified atom stereocenters. The third kappa shape index (κ3) is 3.98. The van der Waals surface area contributed by atoms with Crippen LogP contribution in [0.4, 0.5) is 5.69 Å². The zero-order chi connectivity index (χ0) is 21.3. The fraction of sp³-hybridized carbons (Fsp3) is 0.300. The molecule has 1 N–H and O–H groups in total. The Balaban J connectivity index is 1.58. The van der Waals surface area contributed by atoms with Crippen molar-refractivity contribution in [2.45, 2.75) is 24.3 Å². The molecule has 0 saturated carbocycles. The van der Waals surface area contributed by atoms with E-state index in [0.717, 1.165) is 24.2 Å². The van der Waals surface area contributed by atoms with Crippen LogP contribution in [0, 0.1) is 0 Å². The van der Waals surface area contributed by atoms with Crippen LogP contribution in [0.2, 0.25) is 0 Å². The van der Waals surface area contributed by atoms with Gasteiger partial charge in [0.25, 0.3) is 0 Å². The molecule has 158 valence electrons. The molecule has 8 nitrogen and oxygen atoms in total. The SMILES string of the molecule is COc1cccc(NC(=O)Cn2c(=O)sc3cc(S(=O)(=O)N4CCCC4)ccc32)c1. The zero-order valence-electron chi connectivity index (χ0n) is 16.3. The highest BCUT2D eigenvalue weighted by Gasteiger charge is 2.27. The summed E-state index contributed by atoms with van der Waals surface area (Å²) in [5.74, 6) is 0.247. The minimum atomic E-state index is -3.57. The van der Waals surface area contributed by atoms with E-state index < -0.39 is 10.0 Å². The number of hydrogen-bond acceptors (Lipinski definition) is 6. The molecule has 1 aliphatic rings. The van der Waals surface area contributed by atoms with Gasteiger partial charge in [0.05, 0.1) is 22.2 Å². The van der Waals surface area contributed by atoms with E-state index >= 15 is 0 Å². The normalized spacial score (nSPS) is 14.8. The predicted octanol–water partition coefficient (Wildman–Crippen LogP) is 2.49. The van der Waals surface area contributed by atoms with Crippen LogP contribution in [0.25, 0.3) is 10.2 Å². The lowest BCUT2D eigenvalue weighted by Gasteiger charge is -2.15. The summed E-state index contributed by atoms with van der Waals surface area (Å²) < 4.78 is 34.0. The van der Waals surface area contributed by atoms with Crippen molar-refractivity contribution in [3.63, 3.8) is 0 Å². The van der Waals surface area contributed by atoms with Gasteiger partial charge in [-0.3, -0.25) is 14.2 Å². The molecule has 1 aliphatic heterocycles. The monoisotopic (exact) mass is 447 g/mol. The summed E-state index contributed by atoms with van der Waals surface area (Å²) in [6.07, 6.45) is 1.71. The summed E-state index contributed by atoms with van der Waals surface area (Å²) in [5.41, 5.74) is 1.09. The van der Waals surface area contributed by atoms with Crippen molar-refractivity contribution in [2.75, 3.05) is 25.5 Å². The number of hydrogen-bond donors (Lipinski definition) is 1. The van der Waals surface area contributed by atoms with Crippen LogP contribution in [-0.2, 0) is 21.4 Å². The third-order valence-electron chi connectivity index (χ3n) is 5.00. The lowest BCUT2D eigenvalue weighted by atomic mass is 10.3. The van der Waals surface area contributed by atoms with Gasteiger partial charge in [-0.15, -0.1) is 0 Å². The summed E-state index contributed by atoms with van der Waals surface area (Å²) in [6.45, 7) is 0.860. The lowest BCUT2D eigenvalue weighted by Crippen LogP contribution is -2.27. The second-order valence-corrected chi connectivity index (χ2v) is 9.91. The van der Waals surface area contributed by atoms with Gasteiger partial charge in [0, 0.05) is 24.8 Å². The summed E-state index contributed by atoms with van der Waals surface area (Å²) in [6, 6.07) is 11.5. The molecule has 1 aromatic heterocycles. The van der Waals surface area contributed by atoms with Gasteiger partial charge in [-0.25, -0.2) is 8.42 Å². The second kappa shape index (κ2) is 8.21. The number of nitrogens with zero attached hydrogens (tertiary/aromatic N) is 2. The van der Waals surface area contributed by atoms with Gasteiger partial charge in [0.2, 0.25) is 15.9 Å². The van der Waals surface area contributed by atoms with E-state index in [2.05, 4.69) is 5.32 Å². The molecule has 1 fully saturated rings. The van der Waals surface area contributed by atoms with Gasteiger partial charge < -0.3 is 10.1 Å². The topological polar surface area (TPSA) is 97.7 Å². The molecule has 10 heteroatoms. The number of sulfonamides is 1. The molecule has 0 atom stereocenters. The fourth-order valence-electron chi connectivity index (χ4n) is 3.48. The zero-order valence-corrected chi connectivity index (χ0v) is 18.0. The Morgan fingerprint density at radius 3 is 2.67 bits per heavy atom. The molecule has 1 saturated heterocycles. The first-order valence-electron chi connectivity index (χ1n) is 9.46. The Labute approximate surface area is 177 Å². The number of carbonyl (C=O) groups excluding carboxylic acids is 1. The van der Waals surface area contributed by atoms with Crippen molar-refractivity contribution >= 4 is 43.2 Å². The molecule has 3 aromatic rings. The number of amides is 1. The quantitative estimate of drug-likeness (QED) is 0.626. The van der Waals surface area contributed by atoms with Gasteiger partial charge in [-0.2, -0.15) is 4.31 Å². The smallest absolute Gasteiger partial charge is 0.308 e. The van der Waals surface area contributed by atoms with Crippen LogP contribution in [0.5, 0.6) is 5.75 Å². The van der Waals surface area contributed by atoms with Gasteiger partial charge in [0.1, 0.15) is 12.3 Å². The fourth-order valence-corrected chi connectivity index (χ4v) is 6.03. The molecular weight excluding hydrogens is 426 g/mol. The van der Waals surface area contributed by atoms with E-state index in [1.807, 2.05) is 0 Å². The van der Waals surface area contributed by atoms with Crippen molar-refractivity contribution in [1.82, 2.24) is 8.87 Å². The Kier molecular flexibility index (Phi) is 5.63. The third-order valence-corrected chi connectivity index (χ3v) is 7.83. The van der Waals surface area contributed by atoms with Gasteiger partial charge in [0.15, 0.2) is 0 Å². The molecule has 0 aliphatic carbocycles. The van der Waals surface area contributed by atoms with E-state index in [1.54, 1.807) is 30.3 Å². The molecule has 4 rings (SSSR count). The largest absolute Gasteiger partial charge is 0.497 e. The Morgan fingerprint density at radius 1 is 1.17 bits per heavy atom. The highest BCUT2D eigenvalue weighted by molar-refractivity contribution is 7.89. The van der Waals surface area contributed by atoms with E-state index in [1.165, 1.54) is 28.1 Å². The van der Waals surface area contributed by atoms with Crippen molar-refractivity contribution in [2.24, 2.45) is 0 Å². The number of aromatic nitrogens is 1. The van der Waals surface area contributed by atoms with E-state index in [-0.39, 0.29) is 22.2 Å². The second-order valence-electron chi connectivity index (χ2n) is 6.97. The van der Waals surface area contributed by atoms with Crippen LogP contribution < -0.4 is 14.9 Å². The van der Waals surface area contributed by atoms with Crippen molar-refractivity contribution in [3.8, 4) is 5.75 Å². The van der Waals surface area contributed by atoms with E-state index in [0.29, 0.717) is 34.7 Å². The number of benzene rings is 2. The highest BCUT2D eigenvalue weighted by atomic mass is 32.2. The molecule has 30 heavy (non-hydrogen) atoms. The first-order chi connectivity index (χ1) is 14.4. The summed E-state index contributed by atoms with van der Waals surface area (Å²) >= 11 is 0.930. The summed E-state index contributed by atoms with van der Waals surface area (Å²) in [7, 11) is -2.03. The van der Waals surface area contributed by atoms with Crippen LogP contribution >= 0.6 is 11.3 Å². The van der Waals surface area contributed by atoms with Gasteiger partial charge in [-0.1, -0.05) is 17.4 Å². The number of nitrogens with one attached hydrogen (secondary N) is 1. The lowest BCUT2D eigenvalue weighted by molar-refractivity contribution is -0.116. The van der Waals surface area contributed by atoms with Gasteiger partial charge in [-0.05, 0) is 43.2 Å².